The summed E-state index contributed by atoms with van der Waals surface area (Å²) < 4.78 is 0. The van der Waals surface area contributed by atoms with Gasteiger partial charge in [0.1, 0.15) is 5.82 Å². The number of imidazole rings is 1. The van der Waals surface area contributed by atoms with E-state index in [2.05, 4.69) is 20.6 Å². The number of carbonyl (C=O) groups excluding carboxylic acids is 1. The number of carbonyl (C=O) groups is 1. The maximum atomic E-state index is 11.5. The second-order valence-corrected chi connectivity index (χ2v) is 3.88. The van der Waals surface area contributed by atoms with Crippen molar-refractivity contribution in [2.45, 2.75) is 13.0 Å². The van der Waals surface area contributed by atoms with Crippen molar-refractivity contribution in [2.24, 2.45) is 0 Å². The zero-order valence-electron chi connectivity index (χ0n) is 10.0. The van der Waals surface area contributed by atoms with Crippen LogP contribution in [-0.2, 0) is 13.0 Å². The molecular weight excluding hydrogens is 228 g/mol. The van der Waals surface area contributed by atoms with E-state index in [0.29, 0.717) is 19.5 Å². The normalized spacial score (nSPS) is 10.0. The van der Waals surface area contributed by atoms with E-state index < -0.39 is 0 Å². The van der Waals surface area contributed by atoms with E-state index >= 15 is 0 Å². The van der Waals surface area contributed by atoms with Gasteiger partial charge in [0.2, 0.25) is 0 Å². The number of benzene rings is 1. The van der Waals surface area contributed by atoms with Gasteiger partial charge in [-0.1, -0.05) is 30.3 Å². The summed E-state index contributed by atoms with van der Waals surface area (Å²) in [5.74, 6) is 0.873. The van der Waals surface area contributed by atoms with Crippen LogP contribution in [0.2, 0.25) is 0 Å². The third-order valence-electron chi connectivity index (χ3n) is 2.50. The molecule has 0 saturated carbocycles. The van der Waals surface area contributed by atoms with Gasteiger partial charge >= 0.3 is 6.03 Å². The van der Waals surface area contributed by atoms with Crippen molar-refractivity contribution in [3.63, 3.8) is 0 Å². The Hall–Kier alpha value is -2.30. The van der Waals surface area contributed by atoms with Crippen LogP contribution >= 0.6 is 0 Å². The molecule has 0 bridgehead atoms. The van der Waals surface area contributed by atoms with Gasteiger partial charge in [-0.3, -0.25) is 0 Å². The first-order valence-electron chi connectivity index (χ1n) is 5.88. The van der Waals surface area contributed by atoms with E-state index in [1.54, 1.807) is 12.4 Å². The molecule has 2 rings (SSSR count). The largest absolute Gasteiger partial charge is 0.349 e. The standard InChI is InChI=1S/C13H16N4O/c18-13(16-7-6-12-14-8-9-15-12)17-10-11-4-2-1-3-5-11/h1-5,8-9H,6-7,10H2,(H,14,15)(H2,16,17,18). The molecule has 0 aliphatic rings. The highest BCUT2D eigenvalue weighted by Gasteiger charge is 2.00. The van der Waals surface area contributed by atoms with Crippen LogP contribution in [0.25, 0.3) is 0 Å². The first-order valence-corrected chi connectivity index (χ1v) is 5.88. The maximum absolute atomic E-state index is 11.5. The van der Waals surface area contributed by atoms with E-state index in [-0.39, 0.29) is 6.03 Å². The number of nitrogens with zero attached hydrogens (tertiary/aromatic N) is 1. The average Bonchev–Trinajstić information content (AvgIpc) is 2.91. The molecule has 18 heavy (non-hydrogen) atoms. The molecule has 2 amide bonds. The highest BCUT2D eigenvalue weighted by Crippen LogP contribution is 1.96. The Balaban J connectivity index is 1.63. The van der Waals surface area contributed by atoms with E-state index in [1.807, 2.05) is 30.3 Å². The van der Waals surface area contributed by atoms with Gasteiger partial charge in [0.25, 0.3) is 0 Å². The van der Waals surface area contributed by atoms with Gasteiger partial charge in [-0.2, -0.15) is 0 Å². The Kier molecular flexibility index (Phi) is 4.35. The predicted molar refractivity (Wildman–Crippen MR) is 69.0 cm³/mol. The Labute approximate surface area is 106 Å². The number of nitrogens with one attached hydrogen (secondary N) is 3. The summed E-state index contributed by atoms with van der Waals surface area (Å²) in [6, 6.07) is 9.64. The molecule has 1 heterocycles. The Morgan fingerprint density at radius 1 is 1.22 bits per heavy atom. The molecule has 1 aromatic carbocycles. The lowest BCUT2D eigenvalue weighted by molar-refractivity contribution is 0.240. The van der Waals surface area contributed by atoms with E-state index in [1.165, 1.54) is 0 Å². The average molecular weight is 244 g/mol. The van der Waals surface area contributed by atoms with Crippen molar-refractivity contribution >= 4 is 6.03 Å². The molecule has 5 heteroatoms. The van der Waals surface area contributed by atoms with Crippen molar-refractivity contribution in [3.05, 3.63) is 54.1 Å². The molecule has 2 aromatic rings. The minimum atomic E-state index is -0.162. The Bertz CT molecular complexity index is 467. The number of hydrogen-bond acceptors (Lipinski definition) is 2. The smallest absolute Gasteiger partial charge is 0.315 e. The first kappa shape index (κ1) is 12.2. The lowest BCUT2D eigenvalue weighted by Gasteiger charge is -2.06. The lowest BCUT2D eigenvalue weighted by Crippen LogP contribution is -2.36. The molecule has 0 spiro atoms. The van der Waals surface area contributed by atoms with Crippen LogP contribution in [0.15, 0.2) is 42.7 Å². The second kappa shape index (κ2) is 6.44. The third-order valence-corrected chi connectivity index (χ3v) is 2.50. The molecule has 0 radical (unpaired) electrons. The second-order valence-electron chi connectivity index (χ2n) is 3.88. The van der Waals surface area contributed by atoms with Crippen LogP contribution < -0.4 is 10.6 Å². The van der Waals surface area contributed by atoms with Gasteiger partial charge in [0, 0.05) is 31.9 Å². The Morgan fingerprint density at radius 2 is 2.06 bits per heavy atom. The summed E-state index contributed by atoms with van der Waals surface area (Å²) in [6.45, 7) is 1.10. The monoisotopic (exact) mass is 244 g/mol. The molecule has 3 N–H and O–H groups in total. The van der Waals surface area contributed by atoms with Gasteiger partial charge in [0.05, 0.1) is 0 Å². The number of rotatable bonds is 5. The van der Waals surface area contributed by atoms with Crippen LogP contribution in [0.3, 0.4) is 0 Å². The third kappa shape index (κ3) is 3.93. The SMILES string of the molecule is O=C(NCCc1ncc[nH]1)NCc1ccccc1. The fourth-order valence-electron chi connectivity index (χ4n) is 1.57. The minimum absolute atomic E-state index is 0.162. The minimum Gasteiger partial charge on any atom is -0.349 e. The summed E-state index contributed by atoms with van der Waals surface area (Å²) in [7, 11) is 0. The topological polar surface area (TPSA) is 69.8 Å². The fraction of sp³-hybridized carbons (Fsp3) is 0.231. The number of hydrogen-bond donors (Lipinski definition) is 3. The Morgan fingerprint density at radius 3 is 2.78 bits per heavy atom. The molecule has 94 valence electrons. The molecule has 0 unspecified atom stereocenters. The van der Waals surface area contributed by atoms with Crippen LogP contribution in [-0.4, -0.2) is 22.5 Å². The summed E-state index contributed by atoms with van der Waals surface area (Å²) in [5, 5.41) is 5.58. The highest BCUT2D eigenvalue weighted by atomic mass is 16.2. The quantitative estimate of drug-likeness (QED) is 0.745. The van der Waals surface area contributed by atoms with E-state index in [9.17, 15) is 4.79 Å². The molecule has 1 aromatic heterocycles. The number of urea groups is 1. The van der Waals surface area contributed by atoms with Crippen molar-refractivity contribution in [1.29, 1.82) is 0 Å². The molecule has 0 fully saturated rings. The van der Waals surface area contributed by atoms with Gasteiger partial charge in [-0.25, -0.2) is 9.78 Å². The van der Waals surface area contributed by atoms with Gasteiger partial charge in [-0.05, 0) is 5.56 Å². The van der Waals surface area contributed by atoms with Crippen LogP contribution in [0.4, 0.5) is 4.79 Å². The van der Waals surface area contributed by atoms with Crippen molar-refractivity contribution in [1.82, 2.24) is 20.6 Å². The number of amides is 2. The molecule has 0 aliphatic carbocycles. The summed E-state index contributed by atoms with van der Waals surface area (Å²) in [5.41, 5.74) is 1.08. The van der Waals surface area contributed by atoms with Crippen LogP contribution in [0.5, 0.6) is 0 Å². The summed E-state index contributed by atoms with van der Waals surface area (Å²) in [6.07, 6.45) is 4.17. The van der Waals surface area contributed by atoms with Gasteiger partial charge in [0.15, 0.2) is 0 Å². The highest BCUT2D eigenvalue weighted by molar-refractivity contribution is 5.73. The van der Waals surface area contributed by atoms with Crippen molar-refractivity contribution in [3.8, 4) is 0 Å². The lowest BCUT2D eigenvalue weighted by atomic mass is 10.2. The number of aromatic amines is 1. The first-order chi connectivity index (χ1) is 8.84. The van der Waals surface area contributed by atoms with Crippen LogP contribution in [0, 0.1) is 0 Å². The van der Waals surface area contributed by atoms with Gasteiger partial charge < -0.3 is 15.6 Å². The van der Waals surface area contributed by atoms with Crippen molar-refractivity contribution < 1.29 is 4.79 Å². The predicted octanol–water partition coefficient (Wildman–Crippen LogP) is 1.45. The summed E-state index contributed by atoms with van der Waals surface area (Å²) >= 11 is 0. The maximum Gasteiger partial charge on any atom is 0.315 e. The van der Waals surface area contributed by atoms with Crippen LogP contribution in [0.1, 0.15) is 11.4 Å². The number of aromatic nitrogens is 2. The molecular formula is C13H16N4O. The molecule has 0 atom stereocenters. The summed E-state index contributed by atoms with van der Waals surface area (Å²) in [4.78, 5) is 18.6. The zero-order valence-corrected chi connectivity index (χ0v) is 10.0. The fourth-order valence-corrected chi connectivity index (χ4v) is 1.57. The molecule has 0 saturated heterocycles. The van der Waals surface area contributed by atoms with Crippen molar-refractivity contribution in [2.75, 3.05) is 6.54 Å². The number of H-pyrrole nitrogens is 1. The molecule has 5 nitrogen and oxygen atoms in total. The van der Waals surface area contributed by atoms with E-state index in [4.69, 9.17) is 0 Å². The van der Waals surface area contributed by atoms with E-state index in [0.717, 1.165) is 11.4 Å². The molecule has 0 aliphatic heterocycles. The van der Waals surface area contributed by atoms with Gasteiger partial charge in [-0.15, -0.1) is 0 Å². The zero-order chi connectivity index (χ0) is 12.6.